The zero-order chi connectivity index (χ0) is 18.0. The molecular weight excluding hydrogens is 335 g/mol. The van der Waals surface area contributed by atoms with Crippen LogP contribution in [0.5, 0.6) is 5.88 Å². The zero-order valence-corrected chi connectivity index (χ0v) is 13.9. The maximum atomic E-state index is 12.8. The standard InChI is InChI=1S/C16H18F3N5O/c1-10-9-21-11(2)14(22-10)25-12-4-7-24(8-5-12)15-20-6-3-13(23-15)16(17,18)19/h3,6,9,12H,4-5,7-8H2,1-2H3. The summed E-state index contributed by atoms with van der Waals surface area (Å²) >= 11 is 0. The Bertz CT molecular complexity index is 745. The Kier molecular flexibility index (Phi) is 4.73. The Labute approximate surface area is 143 Å². The number of ether oxygens (including phenoxy) is 1. The molecule has 1 saturated heterocycles. The van der Waals surface area contributed by atoms with E-state index in [1.807, 2.05) is 13.8 Å². The van der Waals surface area contributed by atoms with Gasteiger partial charge in [0.15, 0.2) is 0 Å². The van der Waals surface area contributed by atoms with E-state index in [1.54, 1.807) is 11.1 Å². The van der Waals surface area contributed by atoms with Gasteiger partial charge in [-0.05, 0) is 19.9 Å². The zero-order valence-electron chi connectivity index (χ0n) is 13.9. The van der Waals surface area contributed by atoms with Crippen LogP contribution < -0.4 is 9.64 Å². The summed E-state index contributed by atoms with van der Waals surface area (Å²) < 4.78 is 44.2. The molecule has 0 amide bonds. The van der Waals surface area contributed by atoms with Crippen LogP contribution in [0.3, 0.4) is 0 Å². The van der Waals surface area contributed by atoms with Gasteiger partial charge in [-0.15, -0.1) is 0 Å². The lowest BCUT2D eigenvalue weighted by Crippen LogP contribution is -2.39. The second kappa shape index (κ2) is 6.81. The summed E-state index contributed by atoms with van der Waals surface area (Å²) in [6.07, 6.45) is -0.421. The van der Waals surface area contributed by atoms with E-state index in [1.165, 1.54) is 0 Å². The molecule has 0 N–H and O–H groups in total. The second-order valence-corrected chi connectivity index (χ2v) is 5.95. The fourth-order valence-corrected chi connectivity index (χ4v) is 2.62. The molecule has 0 bridgehead atoms. The highest BCUT2D eigenvalue weighted by Gasteiger charge is 2.33. The van der Waals surface area contributed by atoms with Crippen LogP contribution in [-0.2, 0) is 6.18 Å². The number of aryl methyl sites for hydroxylation is 2. The molecule has 25 heavy (non-hydrogen) atoms. The Hall–Kier alpha value is -2.45. The van der Waals surface area contributed by atoms with Gasteiger partial charge in [-0.3, -0.25) is 4.98 Å². The van der Waals surface area contributed by atoms with Gasteiger partial charge < -0.3 is 9.64 Å². The lowest BCUT2D eigenvalue weighted by molar-refractivity contribution is -0.141. The van der Waals surface area contributed by atoms with Crippen molar-refractivity contribution in [2.24, 2.45) is 0 Å². The number of halogens is 3. The molecule has 1 aliphatic rings. The smallest absolute Gasteiger partial charge is 0.433 e. The van der Waals surface area contributed by atoms with Crippen molar-refractivity contribution in [2.75, 3.05) is 18.0 Å². The maximum Gasteiger partial charge on any atom is 0.433 e. The third-order valence-electron chi connectivity index (χ3n) is 3.97. The van der Waals surface area contributed by atoms with Crippen molar-refractivity contribution >= 4 is 5.95 Å². The molecule has 0 unspecified atom stereocenters. The van der Waals surface area contributed by atoms with Gasteiger partial charge in [0.05, 0.1) is 11.4 Å². The molecule has 134 valence electrons. The van der Waals surface area contributed by atoms with Crippen LogP contribution in [0.25, 0.3) is 0 Å². The summed E-state index contributed by atoms with van der Waals surface area (Å²) in [5.41, 5.74) is 0.561. The molecule has 0 spiro atoms. The molecule has 0 radical (unpaired) electrons. The molecule has 0 saturated carbocycles. The second-order valence-electron chi connectivity index (χ2n) is 5.95. The minimum atomic E-state index is -4.47. The minimum Gasteiger partial charge on any atom is -0.473 e. The van der Waals surface area contributed by atoms with Crippen LogP contribution in [0.4, 0.5) is 19.1 Å². The summed E-state index contributed by atoms with van der Waals surface area (Å²) in [7, 11) is 0. The Morgan fingerprint density at radius 3 is 2.52 bits per heavy atom. The first-order chi connectivity index (χ1) is 11.8. The first-order valence-electron chi connectivity index (χ1n) is 7.95. The Morgan fingerprint density at radius 2 is 1.84 bits per heavy atom. The van der Waals surface area contributed by atoms with Crippen molar-refractivity contribution in [1.82, 2.24) is 19.9 Å². The van der Waals surface area contributed by atoms with Crippen LogP contribution in [0, 0.1) is 13.8 Å². The van der Waals surface area contributed by atoms with Crippen molar-refractivity contribution in [1.29, 1.82) is 0 Å². The first-order valence-corrected chi connectivity index (χ1v) is 7.95. The highest BCUT2D eigenvalue weighted by Crippen LogP contribution is 2.29. The van der Waals surface area contributed by atoms with E-state index in [9.17, 15) is 13.2 Å². The fraction of sp³-hybridized carbons (Fsp3) is 0.500. The first kappa shape index (κ1) is 17.4. The Morgan fingerprint density at radius 1 is 1.12 bits per heavy atom. The third-order valence-corrected chi connectivity index (χ3v) is 3.97. The quantitative estimate of drug-likeness (QED) is 0.845. The van der Waals surface area contributed by atoms with Crippen molar-refractivity contribution in [2.45, 2.75) is 39.0 Å². The average Bonchev–Trinajstić information content (AvgIpc) is 2.58. The number of hydrogen-bond acceptors (Lipinski definition) is 6. The van der Waals surface area contributed by atoms with Crippen LogP contribution in [0.1, 0.15) is 29.9 Å². The molecule has 6 nitrogen and oxygen atoms in total. The summed E-state index contributed by atoms with van der Waals surface area (Å²) in [4.78, 5) is 17.9. The number of rotatable bonds is 3. The third kappa shape index (κ3) is 4.15. The van der Waals surface area contributed by atoms with Gasteiger partial charge in [-0.1, -0.05) is 0 Å². The van der Waals surface area contributed by atoms with Gasteiger partial charge >= 0.3 is 6.18 Å². The van der Waals surface area contributed by atoms with E-state index in [0.29, 0.717) is 37.5 Å². The van der Waals surface area contributed by atoms with Crippen LogP contribution in [-0.4, -0.2) is 39.1 Å². The topological polar surface area (TPSA) is 64.0 Å². The van der Waals surface area contributed by atoms with Crippen LogP contribution >= 0.6 is 0 Å². The van der Waals surface area contributed by atoms with Gasteiger partial charge in [-0.25, -0.2) is 15.0 Å². The van der Waals surface area contributed by atoms with Gasteiger partial charge in [0.2, 0.25) is 11.8 Å². The van der Waals surface area contributed by atoms with Gasteiger partial charge in [0, 0.05) is 38.3 Å². The van der Waals surface area contributed by atoms with Gasteiger partial charge in [-0.2, -0.15) is 13.2 Å². The van der Waals surface area contributed by atoms with Crippen molar-refractivity contribution in [3.63, 3.8) is 0 Å². The number of hydrogen-bond donors (Lipinski definition) is 0. The molecule has 1 aliphatic heterocycles. The predicted molar refractivity (Wildman–Crippen MR) is 84.4 cm³/mol. The number of alkyl halides is 3. The summed E-state index contributed by atoms with van der Waals surface area (Å²) in [6.45, 7) is 4.70. The predicted octanol–water partition coefficient (Wildman–Crippen LogP) is 2.95. The summed E-state index contributed by atoms with van der Waals surface area (Å²) in [5, 5.41) is 0. The number of aromatic nitrogens is 4. The van der Waals surface area contributed by atoms with Gasteiger partial charge in [0.25, 0.3) is 0 Å². The molecule has 3 heterocycles. The summed E-state index contributed by atoms with van der Waals surface area (Å²) in [5.74, 6) is 0.605. The molecule has 9 heteroatoms. The van der Waals surface area contributed by atoms with Crippen molar-refractivity contribution in [3.8, 4) is 5.88 Å². The molecule has 0 atom stereocenters. The molecule has 3 rings (SSSR count). The minimum absolute atomic E-state index is 0.0585. The average molecular weight is 353 g/mol. The molecule has 2 aromatic rings. The normalized spacial score (nSPS) is 16.1. The highest BCUT2D eigenvalue weighted by atomic mass is 19.4. The SMILES string of the molecule is Cc1cnc(C)c(OC2CCN(c3nccc(C(F)(F)F)n3)CC2)n1. The maximum absolute atomic E-state index is 12.8. The molecule has 2 aromatic heterocycles. The lowest BCUT2D eigenvalue weighted by Gasteiger charge is -2.32. The fourth-order valence-electron chi connectivity index (χ4n) is 2.62. The van der Waals surface area contributed by atoms with Crippen LogP contribution in [0.15, 0.2) is 18.5 Å². The highest BCUT2D eigenvalue weighted by molar-refractivity contribution is 5.31. The van der Waals surface area contributed by atoms with E-state index in [2.05, 4.69) is 19.9 Å². The lowest BCUT2D eigenvalue weighted by atomic mass is 10.1. The van der Waals surface area contributed by atoms with Crippen molar-refractivity contribution < 1.29 is 17.9 Å². The van der Waals surface area contributed by atoms with E-state index < -0.39 is 11.9 Å². The molecular formula is C16H18F3N5O. The van der Waals surface area contributed by atoms with E-state index >= 15 is 0 Å². The Balaban J connectivity index is 1.63. The van der Waals surface area contributed by atoms with Crippen LogP contribution in [0.2, 0.25) is 0 Å². The molecule has 0 aromatic carbocycles. The van der Waals surface area contributed by atoms with E-state index in [-0.39, 0.29) is 12.1 Å². The molecule has 0 aliphatic carbocycles. The monoisotopic (exact) mass is 353 g/mol. The number of anilines is 1. The number of nitrogens with zero attached hydrogens (tertiary/aromatic N) is 5. The molecule has 1 fully saturated rings. The van der Waals surface area contributed by atoms with E-state index in [0.717, 1.165) is 18.0 Å². The largest absolute Gasteiger partial charge is 0.473 e. The number of piperidine rings is 1. The van der Waals surface area contributed by atoms with Gasteiger partial charge in [0.1, 0.15) is 11.8 Å². The van der Waals surface area contributed by atoms with E-state index in [4.69, 9.17) is 4.74 Å². The van der Waals surface area contributed by atoms with Crippen molar-refractivity contribution in [3.05, 3.63) is 35.5 Å². The summed E-state index contributed by atoms with van der Waals surface area (Å²) in [6, 6.07) is 0.874.